The van der Waals surface area contributed by atoms with Crippen LogP contribution in [0.1, 0.15) is 6.92 Å². The van der Waals surface area contributed by atoms with E-state index in [0.29, 0.717) is 22.4 Å². The van der Waals surface area contributed by atoms with E-state index in [1.54, 1.807) is 25.5 Å². The van der Waals surface area contributed by atoms with Crippen molar-refractivity contribution in [2.24, 2.45) is 0 Å². The first-order valence-electron chi connectivity index (χ1n) is 7.74. The number of carbonyl (C=O) groups excluding carboxylic acids is 1. The highest BCUT2D eigenvalue weighted by atomic mass is 35.5. The average molecular weight is 363 g/mol. The Balaban J connectivity index is 1.74. The van der Waals surface area contributed by atoms with E-state index in [-0.39, 0.29) is 18.7 Å². The maximum absolute atomic E-state index is 11.8. The van der Waals surface area contributed by atoms with Gasteiger partial charge in [-0.1, -0.05) is 41.9 Å². The van der Waals surface area contributed by atoms with Gasteiger partial charge in [0.2, 0.25) is 11.8 Å². The molecule has 1 unspecified atom stereocenters. The predicted molar refractivity (Wildman–Crippen MR) is 94.6 cm³/mol. The van der Waals surface area contributed by atoms with Crippen LogP contribution in [0.3, 0.4) is 0 Å². The van der Waals surface area contributed by atoms with Gasteiger partial charge in [-0.2, -0.15) is 0 Å². The summed E-state index contributed by atoms with van der Waals surface area (Å²) in [6.45, 7) is 1.89. The molecule has 0 spiro atoms. The zero-order valence-electron chi connectivity index (χ0n) is 14.2. The highest BCUT2D eigenvalue weighted by Gasteiger charge is 2.19. The van der Waals surface area contributed by atoms with Crippen molar-refractivity contribution in [3.8, 4) is 17.3 Å². The number of ether oxygens (including phenoxy) is 1. The minimum absolute atomic E-state index is 0.0356. The third-order valence-corrected chi connectivity index (χ3v) is 4.06. The first kappa shape index (κ1) is 17.2. The Bertz CT molecular complexity index is 874. The largest absolute Gasteiger partial charge is 0.461 e. The predicted octanol–water partition coefficient (Wildman–Crippen LogP) is 1.78. The fourth-order valence-corrected chi connectivity index (χ4v) is 2.59. The summed E-state index contributed by atoms with van der Waals surface area (Å²) < 4.78 is 7.28. The smallest absolute Gasteiger partial charge is 0.239 e. The quantitative estimate of drug-likeness (QED) is 0.653. The third-order valence-electron chi connectivity index (χ3n) is 3.72. The van der Waals surface area contributed by atoms with Crippen LogP contribution in [0.15, 0.2) is 30.3 Å². The minimum Gasteiger partial charge on any atom is -0.461 e. The molecule has 3 aromatic rings. The van der Waals surface area contributed by atoms with Crippen LogP contribution in [0.4, 0.5) is 0 Å². The highest BCUT2D eigenvalue weighted by Crippen LogP contribution is 2.29. The number of H-pyrrole nitrogens is 1. The molecule has 132 valence electrons. The summed E-state index contributed by atoms with van der Waals surface area (Å²) in [5.41, 5.74) is 1.38. The average Bonchev–Trinajstić information content (AvgIpc) is 3.15. The van der Waals surface area contributed by atoms with Crippen molar-refractivity contribution in [1.29, 1.82) is 0 Å². The van der Waals surface area contributed by atoms with Gasteiger partial charge in [0.1, 0.15) is 11.8 Å². The number of aromatic nitrogens is 4. The molecule has 2 N–H and O–H groups in total. The number of fused-ring (bicyclic) bond motifs is 1. The van der Waals surface area contributed by atoms with Gasteiger partial charge in [-0.3, -0.25) is 15.2 Å². The molecule has 0 radical (unpaired) electrons. The third kappa shape index (κ3) is 3.45. The molecule has 0 aliphatic carbocycles. The van der Waals surface area contributed by atoms with Gasteiger partial charge in [-0.25, -0.2) is 4.52 Å². The van der Waals surface area contributed by atoms with Crippen molar-refractivity contribution < 1.29 is 9.53 Å². The Morgan fingerprint density at radius 3 is 2.76 bits per heavy atom. The van der Waals surface area contributed by atoms with E-state index >= 15 is 0 Å². The van der Waals surface area contributed by atoms with Gasteiger partial charge in [0.15, 0.2) is 11.5 Å². The van der Waals surface area contributed by atoms with Crippen LogP contribution < -0.4 is 10.1 Å². The molecule has 0 aliphatic rings. The number of aromatic amines is 1. The molecular formula is C16H19ClN6O2. The van der Waals surface area contributed by atoms with Gasteiger partial charge in [0, 0.05) is 19.7 Å². The normalized spacial score (nSPS) is 12.3. The first-order valence-corrected chi connectivity index (χ1v) is 8.12. The van der Waals surface area contributed by atoms with E-state index in [1.807, 2.05) is 30.3 Å². The first-order chi connectivity index (χ1) is 12.0. The summed E-state index contributed by atoms with van der Waals surface area (Å²) in [6, 6.07) is 9.27. The van der Waals surface area contributed by atoms with E-state index in [4.69, 9.17) is 16.3 Å². The van der Waals surface area contributed by atoms with Crippen LogP contribution in [0.2, 0.25) is 5.02 Å². The standard InChI is InChI=1S/C16H19ClN6O2/c1-10(16(24)22(2)3)18-9-25-15-12(17)14-20-19-13(23(14)21-15)11-7-5-4-6-8-11/h4-8,10,18,21H,9H2,1-3H3. The lowest BCUT2D eigenvalue weighted by molar-refractivity contribution is -0.130. The summed E-state index contributed by atoms with van der Waals surface area (Å²) in [4.78, 5) is 13.3. The Kier molecular flexibility index (Phi) is 4.91. The number of nitrogens with one attached hydrogen (secondary N) is 2. The molecule has 0 saturated heterocycles. The molecule has 0 saturated carbocycles. The monoisotopic (exact) mass is 362 g/mol. The van der Waals surface area contributed by atoms with E-state index in [1.165, 1.54) is 4.90 Å². The highest BCUT2D eigenvalue weighted by molar-refractivity contribution is 6.34. The zero-order chi connectivity index (χ0) is 18.0. The Morgan fingerprint density at radius 1 is 1.36 bits per heavy atom. The SMILES string of the molecule is CC(NCOc1[nH]n2c(-c3ccccc3)nnc2c1Cl)C(=O)N(C)C. The molecule has 25 heavy (non-hydrogen) atoms. The van der Waals surface area contributed by atoms with Crippen molar-refractivity contribution in [3.63, 3.8) is 0 Å². The molecule has 0 bridgehead atoms. The Hall–Kier alpha value is -2.58. The Morgan fingerprint density at radius 2 is 2.08 bits per heavy atom. The van der Waals surface area contributed by atoms with E-state index in [2.05, 4.69) is 20.6 Å². The number of rotatable bonds is 6. The molecule has 2 heterocycles. The van der Waals surface area contributed by atoms with Gasteiger partial charge >= 0.3 is 0 Å². The number of hydrogen-bond donors (Lipinski definition) is 2. The molecule has 1 atom stereocenters. The van der Waals surface area contributed by atoms with Gasteiger partial charge in [-0.15, -0.1) is 10.2 Å². The second kappa shape index (κ2) is 7.12. The topological polar surface area (TPSA) is 87.5 Å². The van der Waals surface area contributed by atoms with Crippen molar-refractivity contribution in [2.45, 2.75) is 13.0 Å². The maximum atomic E-state index is 11.8. The summed E-state index contributed by atoms with van der Waals surface area (Å²) in [5.74, 6) is 0.962. The molecule has 1 aromatic carbocycles. The number of likely N-dealkylation sites (N-methyl/N-ethyl adjacent to an activating group) is 1. The minimum atomic E-state index is -0.366. The van der Waals surface area contributed by atoms with Gasteiger partial charge in [0.05, 0.1) is 6.04 Å². The fraction of sp³-hybridized carbons (Fsp3) is 0.312. The lowest BCUT2D eigenvalue weighted by Crippen LogP contribution is -2.42. The molecule has 9 heteroatoms. The molecular weight excluding hydrogens is 344 g/mol. The van der Waals surface area contributed by atoms with Crippen LogP contribution in [-0.4, -0.2) is 57.5 Å². The van der Waals surface area contributed by atoms with Crippen molar-refractivity contribution in [2.75, 3.05) is 20.8 Å². The summed E-state index contributed by atoms with van der Waals surface area (Å²) >= 11 is 6.30. The number of nitrogens with zero attached hydrogens (tertiary/aromatic N) is 4. The van der Waals surface area contributed by atoms with E-state index < -0.39 is 0 Å². The van der Waals surface area contributed by atoms with E-state index in [0.717, 1.165) is 5.56 Å². The molecule has 3 rings (SSSR count). The zero-order valence-corrected chi connectivity index (χ0v) is 14.9. The molecule has 0 fully saturated rings. The van der Waals surface area contributed by atoms with Crippen molar-refractivity contribution in [1.82, 2.24) is 30.0 Å². The second-order valence-corrected chi connectivity index (χ2v) is 6.13. The summed E-state index contributed by atoms with van der Waals surface area (Å²) in [5, 5.41) is 14.6. The number of benzene rings is 1. The number of hydrogen-bond acceptors (Lipinski definition) is 5. The van der Waals surface area contributed by atoms with Crippen LogP contribution >= 0.6 is 11.6 Å². The van der Waals surface area contributed by atoms with Gasteiger partial charge in [0.25, 0.3) is 0 Å². The maximum Gasteiger partial charge on any atom is 0.239 e. The Labute approximate surface area is 149 Å². The van der Waals surface area contributed by atoms with Crippen LogP contribution in [0.5, 0.6) is 5.88 Å². The fourth-order valence-electron chi connectivity index (χ4n) is 2.37. The lowest BCUT2D eigenvalue weighted by atomic mass is 10.2. The van der Waals surface area contributed by atoms with Crippen LogP contribution in [-0.2, 0) is 4.79 Å². The number of halogens is 1. The van der Waals surface area contributed by atoms with Crippen LogP contribution in [0, 0.1) is 0 Å². The van der Waals surface area contributed by atoms with E-state index in [9.17, 15) is 4.79 Å². The van der Waals surface area contributed by atoms with Crippen molar-refractivity contribution in [3.05, 3.63) is 35.4 Å². The molecule has 0 aliphatic heterocycles. The van der Waals surface area contributed by atoms with Gasteiger partial charge in [-0.05, 0) is 6.92 Å². The van der Waals surface area contributed by atoms with Crippen LogP contribution in [0.25, 0.3) is 17.0 Å². The van der Waals surface area contributed by atoms with Crippen molar-refractivity contribution >= 4 is 23.2 Å². The number of amides is 1. The number of carbonyl (C=O) groups is 1. The molecule has 8 nitrogen and oxygen atoms in total. The van der Waals surface area contributed by atoms with Gasteiger partial charge < -0.3 is 9.64 Å². The molecule has 1 amide bonds. The molecule has 2 aromatic heterocycles. The second-order valence-electron chi connectivity index (χ2n) is 5.75. The lowest BCUT2D eigenvalue weighted by Gasteiger charge is -2.17. The summed E-state index contributed by atoms with van der Waals surface area (Å²) in [6.07, 6.45) is 0. The summed E-state index contributed by atoms with van der Waals surface area (Å²) in [7, 11) is 3.41.